The van der Waals surface area contributed by atoms with Crippen molar-refractivity contribution in [3.63, 3.8) is 0 Å². The molecular formula is C12H13ClN4O3. The zero-order valence-corrected chi connectivity index (χ0v) is 11.3. The van der Waals surface area contributed by atoms with Gasteiger partial charge < -0.3 is 5.11 Å². The Morgan fingerprint density at radius 2 is 2.25 bits per heavy atom. The number of aromatic nitrogens is 3. The lowest BCUT2D eigenvalue weighted by Crippen LogP contribution is -2.01. The summed E-state index contributed by atoms with van der Waals surface area (Å²) in [5.74, 6) is 0. The summed E-state index contributed by atoms with van der Waals surface area (Å²) in [5.41, 5.74) is 1.48. The molecule has 0 unspecified atom stereocenters. The summed E-state index contributed by atoms with van der Waals surface area (Å²) in [4.78, 5) is 10.1. The molecule has 0 aliphatic rings. The topological polar surface area (TPSA) is 94.1 Å². The molecule has 0 saturated heterocycles. The average molecular weight is 297 g/mol. The SMILES string of the molecule is O=[N+]([O-])c1ccc(Cn2cc(CCCO)nn2)c(Cl)c1. The van der Waals surface area contributed by atoms with Crippen molar-refractivity contribution in [1.29, 1.82) is 0 Å². The van der Waals surface area contributed by atoms with E-state index in [9.17, 15) is 10.1 Å². The van der Waals surface area contributed by atoms with E-state index in [1.807, 2.05) is 0 Å². The van der Waals surface area contributed by atoms with Gasteiger partial charge in [0.15, 0.2) is 0 Å². The van der Waals surface area contributed by atoms with Crippen molar-refractivity contribution in [3.05, 3.63) is 50.8 Å². The zero-order valence-electron chi connectivity index (χ0n) is 10.6. The average Bonchev–Trinajstić information content (AvgIpc) is 2.86. The Hall–Kier alpha value is -1.99. The molecule has 20 heavy (non-hydrogen) atoms. The Morgan fingerprint density at radius 3 is 2.90 bits per heavy atom. The minimum absolute atomic E-state index is 0.0408. The van der Waals surface area contributed by atoms with Crippen molar-refractivity contribution < 1.29 is 10.0 Å². The van der Waals surface area contributed by atoms with E-state index in [4.69, 9.17) is 16.7 Å². The Morgan fingerprint density at radius 1 is 1.45 bits per heavy atom. The molecule has 1 heterocycles. The number of aliphatic hydroxyl groups is 1. The van der Waals surface area contributed by atoms with E-state index < -0.39 is 4.92 Å². The standard InChI is InChI=1S/C12H13ClN4O3/c13-12-6-11(17(19)20)4-3-9(12)7-16-8-10(14-15-16)2-1-5-18/h3-4,6,8,18H,1-2,5,7H2. The van der Waals surface area contributed by atoms with Crippen molar-refractivity contribution in [2.45, 2.75) is 19.4 Å². The summed E-state index contributed by atoms with van der Waals surface area (Å²) >= 11 is 6.01. The molecule has 7 nitrogen and oxygen atoms in total. The van der Waals surface area contributed by atoms with E-state index in [0.29, 0.717) is 24.4 Å². The van der Waals surface area contributed by atoms with Gasteiger partial charge >= 0.3 is 0 Å². The molecule has 2 aromatic rings. The van der Waals surface area contributed by atoms with E-state index in [1.165, 1.54) is 12.1 Å². The van der Waals surface area contributed by atoms with Gasteiger partial charge in [-0.1, -0.05) is 16.8 Å². The quantitative estimate of drug-likeness (QED) is 0.648. The second kappa shape index (κ2) is 6.44. The third kappa shape index (κ3) is 3.52. The molecule has 8 heteroatoms. The van der Waals surface area contributed by atoms with Gasteiger partial charge in [-0.2, -0.15) is 0 Å². The summed E-state index contributed by atoms with van der Waals surface area (Å²) in [6.45, 7) is 0.504. The van der Waals surface area contributed by atoms with Gasteiger partial charge in [-0.05, 0) is 24.5 Å². The molecule has 2 rings (SSSR count). The van der Waals surface area contributed by atoms with Crippen molar-refractivity contribution in [2.24, 2.45) is 0 Å². The van der Waals surface area contributed by atoms with Gasteiger partial charge in [-0.15, -0.1) is 5.10 Å². The molecule has 0 aliphatic carbocycles. The molecule has 106 valence electrons. The first-order valence-electron chi connectivity index (χ1n) is 6.03. The fourth-order valence-corrected chi connectivity index (χ4v) is 1.98. The smallest absolute Gasteiger partial charge is 0.270 e. The van der Waals surface area contributed by atoms with Crippen LogP contribution in [0.5, 0.6) is 0 Å². The van der Waals surface area contributed by atoms with Crippen LogP contribution < -0.4 is 0 Å². The number of nitro groups is 1. The predicted molar refractivity (Wildman–Crippen MR) is 72.6 cm³/mol. The van der Waals surface area contributed by atoms with Crippen LogP contribution in [0.2, 0.25) is 5.02 Å². The molecule has 1 aromatic carbocycles. The van der Waals surface area contributed by atoms with E-state index in [0.717, 1.165) is 11.3 Å². The molecule has 0 spiro atoms. The highest BCUT2D eigenvalue weighted by Crippen LogP contribution is 2.23. The fraction of sp³-hybridized carbons (Fsp3) is 0.333. The first kappa shape index (κ1) is 14.4. The van der Waals surface area contributed by atoms with Gasteiger partial charge in [0.2, 0.25) is 0 Å². The predicted octanol–water partition coefficient (Wildman–Crippen LogP) is 1.81. The maximum absolute atomic E-state index is 10.6. The molecule has 0 atom stereocenters. The maximum Gasteiger partial charge on any atom is 0.270 e. The van der Waals surface area contributed by atoms with Crippen LogP contribution >= 0.6 is 11.6 Å². The monoisotopic (exact) mass is 296 g/mol. The van der Waals surface area contributed by atoms with Crippen LogP contribution in [0.4, 0.5) is 5.69 Å². The van der Waals surface area contributed by atoms with Gasteiger partial charge in [0.25, 0.3) is 5.69 Å². The highest BCUT2D eigenvalue weighted by Gasteiger charge is 2.10. The highest BCUT2D eigenvalue weighted by molar-refractivity contribution is 6.31. The largest absolute Gasteiger partial charge is 0.396 e. The maximum atomic E-state index is 10.6. The number of aryl methyl sites for hydroxylation is 1. The Labute approximate surface area is 119 Å². The number of nitro benzene ring substituents is 1. The fourth-order valence-electron chi connectivity index (χ4n) is 1.74. The Kier molecular flexibility index (Phi) is 4.65. The Balaban J connectivity index is 2.09. The van der Waals surface area contributed by atoms with Crippen molar-refractivity contribution in [1.82, 2.24) is 15.0 Å². The van der Waals surface area contributed by atoms with Gasteiger partial charge in [-0.25, -0.2) is 4.68 Å². The van der Waals surface area contributed by atoms with E-state index in [1.54, 1.807) is 16.9 Å². The number of hydrogen-bond acceptors (Lipinski definition) is 5. The molecule has 0 amide bonds. The van der Waals surface area contributed by atoms with Gasteiger partial charge in [0.05, 0.1) is 22.2 Å². The van der Waals surface area contributed by atoms with Crippen LogP contribution in [0, 0.1) is 10.1 Å². The van der Waals surface area contributed by atoms with Crippen molar-refractivity contribution >= 4 is 17.3 Å². The van der Waals surface area contributed by atoms with E-state index in [2.05, 4.69) is 10.3 Å². The number of aliphatic hydroxyl groups excluding tert-OH is 1. The summed E-state index contributed by atoms with van der Waals surface area (Å²) in [5, 5.41) is 27.6. The van der Waals surface area contributed by atoms with Crippen molar-refractivity contribution in [3.8, 4) is 0 Å². The van der Waals surface area contributed by atoms with E-state index >= 15 is 0 Å². The normalized spacial score (nSPS) is 10.7. The number of non-ortho nitro benzene ring substituents is 1. The first-order valence-corrected chi connectivity index (χ1v) is 6.40. The number of nitrogens with zero attached hydrogens (tertiary/aromatic N) is 4. The third-order valence-corrected chi connectivity index (χ3v) is 3.11. The van der Waals surface area contributed by atoms with Crippen LogP contribution in [-0.4, -0.2) is 31.6 Å². The molecule has 0 aliphatic heterocycles. The summed E-state index contributed by atoms with van der Waals surface area (Å²) in [7, 11) is 0. The molecule has 0 fully saturated rings. The second-order valence-electron chi connectivity index (χ2n) is 4.27. The lowest BCUT2D eigenvalue weighted by atomic mass is 10.2. The molecular weight excluding hydrogens is 284 g/mol. The lowest BCUT2D eigenvalue weighted by molar-refractivity contribution is -0.384. The minimum Gasteiger partial charge on any atom is -0.396 e. The molecule has 1 aromatic heterocycles. The third-order valence-electron chi connectivity index (χ3n) is 2.76. The first-order chi connectivity index (χ1) is 9.60. The Bertz CT molecular complexity index is 614. The number of rotatable bonds is 6. The number of hydrogen-bond donors (Lipinski definition) is 1. The molecule has 1 N–H and O–H groups in total. The van der Waals surface area contributed by atoms with Crippen molar-refractivity contribution in [2.75, 3.05) is 6.61 Å². The van der Waals surface area contributed by atoms with Gasteiger partial charge in [-0.3, -0.25) is 10.1 Å². The van der Waals surface area contributed by atoms with Crippen LogP contribution in [0.1, 0.15) is 17.7 Å². The van der Waals surface area contributed by atoms with Crippen LogP contribution in [0.3, 0.4) is 0 Å². The van der Waals surface area contributed by atoms with E-state index in [-0.39, 0.29) is 12.3 Å². The second-order valence-corrected chi connectivity index (χ2v) is 4.67. The molecule has 0 bridgehead atoms. The lowest BCUT2D eigenvalue weighted by Gasteiger charge is -2.03. The molecule has 0 radical (unpaired) electrons. The minimum atomic E-state index is -0.488. The van der Waals surface area contributed by atoms with Crippen LogP contribution in [0.15, 0.2) is 24.4 Å². The number of halogens is 1. The molecule has 0 saturated carbocycles. The van der Waals surface area contributed by atoms with Gasteiger partial charge in [0, 0.05) is 24.9 Å². The zero-order chi connectivity index (χ0) is 14.5. The van der Waals surface area contributed by atoms with Crippen LogP contribution in [0.25, 0.3) is 0 Å². The number of benzene rings is 1. The summed E-state index contributed by atoms with van der Waals surface area (Å²) in [6, 6.07) is 4.33. The van der Waals surface area contributed by atoms with Crippen LogP contribution in [-0.2, 0) is 13.0 Å². The van der Waals surface area contributed by atoms with Gasteiger partial charge in [0.1, 0.15) is 0 Å². The summed E-state index contributed by atoms with van der Waals surface area (Å²) in [6.07, 6.45) is 3.06. The summed E-state index contributed by atoms with van der Waals surface area (Å²) < 4.78 is 1.61. The highest BCUT2D eigenvalue weighted by atomic mass is 35.5.